The number of methoxy groups -OCH3 is 1. The van der Waals surface area contributed by atoms with E-state index >= 15 is 0 Å². The highest BCUT2D eigenvalue weighted by Gasteiger charge is 2.22. The molecule has 0 bridgehead atoms. The van der Waals surface area contributed by atoms with Gasteiger partial charge in [0.2, 0.25) is 5.95 Å². The number of aromatic nitrogens is 2. The van der Waals surface area contributed by atoms with Gasteiger partial charge in [-0.05, 0) is 37.7 Å². The van der Waals surface area contributed by atoms with Crippen molar-refractivity contribution in [3.8, 4) is 11.5 Å². The number of benzene rings is 1. The number of ether oxygens (including phenoxy) is 2. The molecule has 2 heterocycles. The number of anilines is 3. The molecule has 0 aliphatic carbocycles. The minimum absolute atomic E-state index is 0.530. The van der Waals surface area contributed by atoms with Gasteiger partial charge in [-0.15, -0.1) is 0 Å². The van der Waals surface area contributed by atoms with Crippen molar-refractivity contribution < 1.29 is 9.47 Å². The SMILES string of the molecule is CCN1CC[C@@H](COc2cc(Nc3nccc(NC)n3)ccc2OC)C1. The summed E-state index contributed by atoms with van der Waals surface area (Å²) < 4.78 is 11.5. The van der Waals surface area contributed by atoms with E-state index in [-0.39, 0.29) is 0 Å². The first-order valence-corrected chi connectivity index (χ1v) is 9.02. The number of rotatable bonds is 8. The lowest BCUT2D eigenvalue weighted by molar-refractivity contribution is 0.234. The molecule has 0 saturated carbocycles. The fourth-order valence-electron chi connectivity index (χ4n) is 3.10. The second kappa shape index (κ2) is 8.71. The molecule has 26 heavy (non-hydrogen) atoms. The maximum atomic E-state index is 6.08. The Morgan fingerprint density at radius 3 is 2.88 bits per heavy atom. The van der Waals surface area contributed by atoms with Gasteiger partial charge in [0.25, 0.3) is 0 Å². The Bertz CT molecular complexity index is 725. The van der Waals surface area contributed by atoms with Crippen LogP contribution in [0.3, 0.4) is 0 Å². The summed E-state index contributed by atoms with van der Waals surface area (Å²) in [5.74, 6) is 3.31. The van der Waals surface area contributed by atoms with Crippen molar-refractivity contribution in [3.05, 3.63) is 30.5 Å². The molecule has 1 aliphatic rings. The molecule has 1 aromatic heterocycles. The van der Waals surface area contributed by atoms with Crippen LogP contribution < -0.4 is 20.1 Å². The Morgan fingerprint density at radius 2 is 2.15 bits per heavy atom. The Morgan fingerprint density at radius 1 is 1.27 bits per heavy atom. The fourth-order valence-corrected chi connectivity index (χ4v) is 3.10. The van der Waals surface area contributed by atoms with Gasteiger partial charge in [-0.2, -0.15) is 4.98 Å². The monoisotopic (exact) mass is 357 g/mol. The summed E-state index contributed by atoms with van der Waals surface area (Å²) in [7, 11) is 3.48. The van der Waals surface area contributed by atoms with Gasteiger partial charge in [-0.3, -0.25) is 0 Å². The van der Waals surface area contributed by atoms with E-state index in [1.54, 1.807) is 13.3 Å². The second-order valence-electron chi connectivity index (χ2n) is 6.37. The van der Waals surface area contributed by atoms with Gasteiger partial charge >= 0.3 is 0 Å². The zero-order chi connectivity index (χ0) is 18.4. The quantitative estimate of drug-likeness (QED) is 0.752. The summed E-state index contributed by atoms with van der Waals surface area (Å²) in [5.41, 5.74) is 0.857. The minimum Gasteiger partial charge on any atom is -0.493 e. The standard InChI is InChI=1S/C19H27N5O2/c1-4-24-10-8-14(12-24)13-26-17-11-15(5-6-16(17)25-3)22-19-21-9-7-18(20-2)23-19/h5-7,9,11,14H,4,8,10,12-13H2,1-3H3,(H2,20,21,22,23)/t14-/m1/s1. The third-order valence-corrected chi connectivity index (χ3v) is 4.62. The van der Waals surface area contributed by atoms with Crippen molar-refractivity contribution in [3.63, 3.8) is 0 Å². The largest absolute Gasteiger partial charge is 0.493 e. The molecule has 0 spiro atoms. The van der Waals surface area contributed by atoms with Gasteiger partial charge in [0, 0.05) is 37.5 Å². The van der Waals surface area contributed by atoms with Crippen LogP contribution >= 0.6 is 0 Å². The van der Waals surface area contributed by atoms with Crippen LogP contribution in [0, 0.1) is 5.92 Å². The highest BCUT2D eigenvalue weighted by atomic mass is 16.5. The van der Waals surface area contributed by atoms with Crippen LogP contribution in [0.15, 0.2) is 30.5 Å². The highest BCUT2D eigenvalue weighted by Crippen LogP contribution is 2.32. The normalized spacial score (nSPS) is 17.1. The average Bonchev–Trinajstić information content (AvgIpc) is 3.15. The first-order chi connectivity index (χ1) is 12.7. The molecule has 0 amide bonds. The topological polar surface area (TPSA) is 71.5 Å². The lowest BCUT2D eigenvalue weighted by Gasteiger charge is -2.16. The number of hydrogen-bond donors (Lipinski definition) is 2. The molecule has 2 aromatic rings. The van der Waals surface area contributed by atoms with Gasteiger partial charge < -0.3 is 25.0 Å². The van der Waals surface area contributed by atoms with Gasteiger partial charge in [-0.1, -0.05) is 6.92 Å². The van der Waals surface area contributed by atoms with Gasteiger partial charge in [0.1, 0.15) is 5.82 Å². The van der Waals surface area contributed by atoms with E-state index in [0.717, 1.165) is 42.6 Å². The van der Waals surface area contributed by atoms with Crippen molar-refractivity contribution in [1.29, 1.82) is 0 Å². The van der Waals surface area contributed by atoms with Crippen LogP contribution in [-0.4, -0.2) is 55.3 Å². The van der Waals surface area contributed by atoms with Gasteiger partial charge in [0.15, 0.2) is 11.5 Å². The summed E-state index contributed by atoms with van der Waals surface area (Å²) in [6.07, 6.45) is 2.89. The maximum Gasteiger partial charge on any atom is 0.229 e. The van der Waals surface area contributed by atoms with E-state index in [4.69, 9.17) is 9.47 Å². The molecular weight excluding hydrogens is 330 g/mol. The van der Waals surface area contributed by atoms with Crippen molar-refractivity contribution in [1.82, 2.24) is 14.9 Å². The molecule has 140 valence electrons. The van der Waals surface area contributed by atoms with Crippen molar-refractivity contribution in [2.45, 2.75) is 13.3 Å². The number of nitrogens with one attached hydrogen (secondary N) is 2. The number of hydrogen-bond acceptors (Lipinski definition) is 7. The Labute approximate surface area is 154 Å². The molecule has 7 heteroatoms. The number of likely N-dealkylation sites (tertiary alicyclic amines) is 1. The van der Waals surface area contributed by atoms with Crippen LogP contribution in [0.4, 0.5) is 17.5 Å². The summed E-state index contributed by atoms with van der Waals surface area (Å²) in [6.45, 7) is 6.25. The van der Waals surface area contributed by atoms with Crippen LogP contribution in [0.5, 0.6) is 11.5 Å². The zero-order valence-corrected chi connectivity index (χ0v) is 15.7. The predicted molar refractivity (Wildman–Crippen MR) is 104 cm³/mol. The Hall–Kier alpha value is -2.54. The summed E-state index contributed by atoms with van der Waals surface area (Å²) in [6, 6.07) is 7.57. The summed E-state index contributed by atoms with van der Waals surface area (Å²) in [4.78, 5) is 11.1. The maximum absolute atomic E-state index is 6.08. The van der Waals surface area contributed by atoms with Crippen molar-refractivity contribution >= 4 is 17.5 Å². The molecule has 3 rings (SSSR count). The molecule has 1 atom stereocenters. The third kappa shape index (κ3) is 4.54. The zero-order valence-electron chi connectivity index (χ0n) is 15.7. The van der Waals surface area contributed by atoms with Crippen LogP contribution in [0.25, 0.3) is 0 Å². The van der Waals surface area contributed by atoms with Crippen molar-refractivity contribution in [2.24, 2.45) is 5.92 Å². The van der Waals surface area contributed by atoms with Crippen molar-refractivity contribution in [2.75, 3.05) is 51.0 Å². The number of nitrogens with zero attached hydrogens (tertiary/aromatic N) is 3. The lowest BCUT2D eigenvalue weighted by Crippen LogP contribution is -2.21. The molecule has 1 aromatic carbocycles. The Balaban J connectivity index is 1.67. The van der Waals surface area contributed by atoms with E-state index in [2.05, 4.69) is 32.4 Å². The second-order valence-corrected chi connectivity index (χ2v) is 6.37. The van der Waals surface area contributed by atoms with Gasteiger partial charge in [0.05, 0.1) is 13.7 Å². The molecule has 2 N–H and O–H groups in total. The molecular formula is C19H27N5O2. The first kappa shape index (κ1) is 18.3. The molecule has 0 unspecified atom stereocenters. The summed E-state index contributed by atoms with van der Waals surface area (Å²) >= 11 is 0. The van der Waals surface area contributed by atoms with E-state index in [0.29, 0.717) is 18.5 Å². The fraction of sp³-hybridized carbons (Fsp3) is 0.474. The van der Waals surface area contributed by atoms with E-state index < -0.39 is 0 Å². The highest BCUT2D eigenvalue weighted by molar-refractivity contribution is 5.60. The summed E-state index contributed by atoms with van der Waals surface area (Å²) in [5, 5.41) is 6.21. The molecule has 7 nitrogen and oxygen atoms in total. The van der Waals surface area contributed by atoms with Crippen LogP contribution in [0.2, 0.25) is 0 Å². The third-order valence-electron chi connectivity index (χ3n) is 4.62. The van der Waals surface area contributed by atoms with Crippen LogP contribution in [0.1, 0.15) is 13.3 Å². The van der Waals surface area contributed by atoms with Crippen LogP contribution in [-0.2, 0) is 0 Å². The average molecular weight is 357 g/mol. The van der Waals surface area contributed by atoms with E-state index in [1.807, 2.05) is 31.3 Å². The minimum atomic E-state index is 0.530. The van der Waals surface area contributed by atoms with Gasteiger partial charge in [-0.25, -0.2) is 4.98 Å². The molecule has 1 fully saturated rings. The van der Waals surface area contributed by atoms with E-state index in [9.17, 15) is 0 Å². The first-order valence-electron chi connectivity index (χ1n) is 9.02. The van der Waals surface area contributed by atoms with E-state index in [1.165, 1.54) is 6.42 Å². The lowest BCUT2D eigenvalue weighted by atomic mass is 10.1. The molecule has 0 radical (unpaired) electrons. The molecule has 1 saturated heterocycles. The Kier molecular flexibility index (Phi) is 6.12. The smallest absolute Gasteiger partial charge is 0.229 e. The molecule has 1 aliphatic heterocycles. The predicted octanol–water partition coefficient (Wildman–Crippen LogP) is 2.99.